The summed E-state index contributed by atoms with van der Waals surface area (Å²) in [6.45, 7) is 1.99. The van der Waals surface area contributed by atoms with Gasteiger partial charge in [-0.15, -0.1) is 23.1 Å². The summed E-state index contributed by atoms with van der Waals surface area (Å²) in [6.07, 6.45) is 0.145. The number of carbonyl (C=O) groups excluding carboxylic acids is 3. The van der Waals surface area contributed by atoms with Gasteiger partial charge in [-0.25, -0.2) is 9.78 Å². The van der Waals surface area contributed by atoms with Gasteiger partial charge >= 0.3 is 5.97 Å². The van der Waals surface area contributed by atoms with Crippen molar-refractivity contribution in [1.29, 1.82) is 0 Å². The normalized spacial score (nSPS) is 10.5. The third-order valence-electron chi connectivity index (χ3n) is 4.55. The molecule has 3 aromatic rings. The molecule has 1 heterocycles. The Kier molecular flexibility index (Phi) is 8.62. The Morgan fingerprint density at radius 3 is 2.55 bits per heavy atom. The first-order valence-corrected chi connectivity index (χ1v) is 12.1. The van der Waals surface area contributed by atoms with E-state index in [1.165, 1.54) is 28.0 Å². The molecular weight excluding hydrogens is 458 g/mol. The average Bonchev–Trinajstić information content (AvgIpc) is 3.24. The number of hydrogen-bond donors (Lipinski definition) is 1. The van der Waals surface area contributed by atoms with Gasteiger partial charge in [0.25, 0.3) is 0 Å². The summed E-state index contributed by atoms with van der Waals surface area (Å²) < 4.78 is 5.43. The number of anilines is 1. The van der Waals surface area contributed by atoms with E-state index in [0.717, 1.165) is 11.3 Å². The number of aromatic nitrogens is 1. The molecule has 0 saturated heterocycles. The van der Waals surface area contributed by atoms with Gasteiger partial charge in [0, 0.05) is 30.1 Å². The fraction of sp³-hybridized carbons (Fsp3) is 0.250. The quantitative estimate of drug-likeness (QED) is 0.363. The van der Waals surface area contributed by atoms with Crippen LogP contribution in [0.2, 0.25) is 0 Å². The zero-order valence-corrected chi connectivity index (χ0v) is 20.3. The number of hydrogen-bond acceptors (Lipinski definition) is 7. The van der Waals surface area contributed by atoms with E-state index in [1.807, 2.05) is 37.3 Å². The van der Waals surface area contributed by atoms with E-state index in [2.05, 4.69) is 10.3 Å². The summed E-state index contributed by atoms with van der Waals surface area (Å²) in [5.41, 5.74) is 2.84. The Morgan fingerprint density at radius 2 is 1.82 bits per heavy atom. The van der Waals surface area contributed by atoms with Crippen molar-refractivity contribution >= 4 is 46.6 Å². The largest absolute Gasteiger partial charge is 0.456 e. The van der Waals surface area contributed by atoms with E-state index in [1.54, 1.807) is 37.7 Å². The lowest BCUT2D eigenvalue weighted by Gasteiger charge is -2.11. The average molecular weight is 484 g/mol. The molecule has 1 N–H and O–H groups in total. The maximum atomic E-state index is 12.6. The molecule has 0 atom stereocenters. The van der Waals surface area contributed by atoms with Crippen LogP contribution in [0.25, 0.3) is 0 Å². The van der Waals surface area contributed by atoms with Gasteiger partial charge in [0.05, 0.1) is 23.4 Å². The number of aryl methyl sites for hydroxylation is 1. The van der Waals surface area contributed by atoms with Crippen molar-refractivity contribution < 1.29 is 19.1 Å². The molecule has 172 valence electrons. The highest BCUT2D eigenvalue weighted by Gasteiger charge is 2.16. The van der Waals surface area contributed by atoms with Crippen LogP contribution in [0.5, 0.6) is 0 Å². The summed E-state index contributed by atoms with van der Waals surface area (Å²) >= 11 is 2.64. The molecule has 0 bridgehead atoms. The van der Waals surface area contributed by atoms with Gasteiger partial charge < -0.3 is 15.0 Å². The molecule has 0 aliphatic heterocycles. The first-order chi connectivity index (χ1) is 15.8. The molecule has 2 amide bonds. The zero-order valence-electron chi connectivity index (χ0n) is 18.7. The maximum absolute atomic E-state index is 12.6. The van der Waals surface area contributed by atoms with E-state index >= 15 is 0 Å². The minimum atomic E-state index is -0.484. The van der Waals surface area contributed by atoms with Crippen molar-refractivity contribution in [1.82, 2.24) is 9.88 Å². The van der Waals surface area contributed by atoms with Crippen LogP contribution in [0.1, 0.15) is 26.6 Å². The lowest BCUT2D eigenvalue weighted by Crippen LogP contribution is -2.23. The molecule has 1 aromatic heterocycles. The van der Waals surface area contributed by atoms with Crippen LogP contribution in [0.3, 0.4) is 0 Å². The van der Waals surface area contributed by atoms with Gasteiger partial charge in [-0.05, 0) is 31.2 Å². The molecule has 0 saturated carbocycles. The van der Waals surface area contributed by atoms with Gasteiger partial charge in [-0.1, -0.05) is 29.8 Å². The van der Waals surface area contributed by atoms with E-state index in [0.29, 0.717) is 21.2 Å². The number of nitrogens with one attached hydrogen (secondary N) is 1. The molecule has 3 rings (SSSR count). The van der Waals surface area contributed by atoms with Crippen LogP contribution in [-0.2, 0) is 27.4 Å². The first kappa shape index (κ1) is 24.5. The van der Waals surface area contributed by atoms with Gasteiger partial charge in [-0.2, -0.15) is 0 Å². The predicted molar refractivity (Wildman–Crippen MR) is 131 cm³/mol. The molecule has 33 heavy (non-hydrogen) atoms. The van der Waals surface area contributed by atoms with Gasteiger partial charge in [0.1, 0.15) is 11.6 Å². The van der Waals surface area contributed by atoms with E-state index in [4.69, 9.17) is 4.74 Å². The molecular formula is C24H25N3O4S2. The van der Waals surface area contributed by atoms with Crippen molar-refractivity contribution in [3.05, 3.63) is 75.7 Å². The topological polar surface area (TPSA) is 88.6 Å². The number of esters is 1. The Bertz CT molecular complexity index is 1130. The third kappa shape index (κ3) is 7.44. The van der Waals surface area contributed by atoms with E-state index in [9.17, 15) is 14.4 Å². The Labute approximate surface area is 201 Å². The molecule has 0 unspecified atom stereocenters. The van der Waals surface area contributed by atoms with Gasteiger partial charge in [-0.3, -0.25) is 9.59 Å². The van der Waals surface area contributed by atoms with Gasteiger partial charge in [0.15, 0.2) is 0 Å². The number of nitrogens with zero attached hydrogens (tertiary/aromatic N) is 2. The molecule has 0 spiro atoms. The summed E-state index contributed by atoms with van der Waals surface area (Å²) in [4.78, 5) is 43.3. The zero-order chi connectivity index (χ0) is 23.8. The lowest BCUT2D eigenvalue weighted by molar-refractivity contribution is -0.125. The highest BCUT2D eigenvalue weighted by molar-refractivity contribution is 8.00. The third-order valence-corrected chi connectivity index (χ3v) is 6.51. The predicted octanol–water partition coefficient (Wildman–Crippen LogP) is 4.17. The van der Waals surface area contributed by atoms with Crippen LogP contribution >= 0.6 is 23.1 Å². The smallest absolute Gasteiger partial charge is 0.339 e. The Morgan fingerprint density at radius 1 is 1.09 bits per heavy atom. The second-order valence-corrected chi connectivity index (χ2v) is 9.43. The fourth-order valence-corrected chi connectivity index (χ4v) is 4.52. The highest BCUT2D eigenvalue weighted by atomic mass is 32.2. The summed E-state index contributed by atoms with van der Waals surface area (Å²) in [7, 11) is 3.38. The summed E-state index contributed by atoms with van der Waals surface area (Å²) in [5.74, 6) is -0.446. The number of rotatable bonds is 9. The molecule has 7 nitrogen and oxygen atoms in total. The molecule has 0 aliphatic rings. The molecule has 0 radical (unpaired) electrons. The highest BCUT2D eigenvalue weighted by Crippen LogP contribution is 2.24. The van der Waals surface area contributed by atoms with Crippen LogP contribution in [0.4, 0.5) is 5.69 Å². The minimum absolute atomic E-state index is 0.00451. The van der Waals surface area contributed by atoms with E-state index < -0.39 is 5.97 Å². The Balaban J connectivity index is 1.53. The SMILES string of the molecule is Cc1ccc(NC(=O)Cc2nc(COC(=O)c3ccccc3SCC(=O)N(C)C)cs2)cc1. The number of ether oxygens (including phenoxy) is 1. The van der Waals surface area contributed by atoms with Crippen molar-refractivity contribution in [3.8, 4) is 0 Å². The number of amides is 2. The lowest BCUT2D eigenvalue weighted by atomic mass is 10.2. The number of thioether (sulfide) groups is 1. The monoisotopic (exact) mass is 483 g/mol. The van der Waals surface area contributed by atoms with Crippen molar-refractivity contribution in [2.24, 2.45) is 0 Å². The second kappa shape index (κ2) is 11.6. The number of thiazole rings is 1. The van der Waals surface area contributed by atoms with Gasteiger partial charge in [0.2, 0.25) is 11.8 Å². The number of benzene rings is 2. The molecule has 0 aliphatic carbocycles. The Hall–Kier alpha value is -3.17. The first-order valence-electron chi connectivity index (χ1n) is 10.2. The summed E-state index contributed by atoms with van der Waals surface area (Å²) in [6, 6.07) is 14.6. The summed E-state index contributed by atoms with van der Waals surface area (Å²) in [5, 5.41) is 5.26. The molecule has 2 aromatic carbocycles. The van der Waals surface area contributed by atoms with E-state index in [-0.39, 0.29) is 30.6 Å². The molecule has 0 fully saturated rings. The van der Waals surface area contributed by atoms with Crippen molar-refractivity contribution in [2.45, 2.75) is 24.8 Å². The number of carbonyl (C=O) groups is 3. The fourth-order valence-electron chi connectivity index (χ4n) is 2.72. The second-order valence-electron chi connectivity index (χ2n) is 7.47. The van der Waals surface area contributed by atoms with Crippen molar-refractivity contribution in [2.75, 3.05) is 25.2 Å². The van der Waals surface area contributed by atoms with Crippen molar-refractivity contribution in [3.63, 3.8) is 0 Å². The minimum Gasteiger partial charge on any atom is -0.456 e. The molecule has 9 heteroatoms. The van der Waals surface area contributed by atoms with Crippen LogP contribution in [-0.4, -0.2) is 47.5 Å². The maximum Gasteiger partial charge on any atom is 0.339 e. The van der Waals surface area contributed by atoms with Crippen LogP contribution in [0, 0.1) is 6.92 Å². The van der Waals surface area contributed by atoms with Crippen LogP contribution in [0.15, 0.2) is 58.8 Å². The standard InChI is InChI=1S/C24H25N3O4S2/c1-16-8-10-17(11-9-16)25-21(28)12-22-26-18(14-33-22)13-31-24(30)19-6-4-5-7-20(19)32-15-23(29)27(2)3/h4-11,14H,12-13,15H2,1-3H3,(H,25,28). The van der Waals surface area contributed by atoms with Crippen LogP contribution < -0.4 is 5.32 Å².